The molecule has 16 heavy (non-hydrogen) atoms. The Morgan fingerprint density at radius 1 is 1.44 bits per heavy atom. The molecule has 0 spiro atoms. The van der Waals surface area contributed by atoms with Gasteiger partial charge in [-0.2, -0.15) is 0 Å². The summed E-state index contributed by atoms with van der Waals surface area (Å²) in [6.07, 6.45) is -0.327. The van der Waals surface area contributed by atoms with Gasteiger partial charge in [0.15, 0.2) is 6.29 Å². The van der Waals surface area contributed by atoms with Gasteiger partial charge in [-0.1, -0.05) is 11.6 Å². The molecule has 5 heteroatoms. The molecule has 0 amide bonds. The topological polar surface area (TPSA) is 44.8 Å². The van der Waals surface area contributed by atoms with Gasteiger partial charge in [0.1, 0.15) is 18.5 Å². The number of benzene rings is 1. The largest absolute Gasteiger partial charge is 0.491 e. The predicted molar refractivity (Wildman–Crippen MR) is 57.6 cm³/mol. The van der Waals surface area contributed by atoms with E-state index in [1.165, 1.54) is 0 Å². The highest BCUT2D eigenvalue weighted by molar-refractivity contribution is 6.30. The van der Waals surface area contributed by atoms with Crippen molar-refractivity contribution in [2.24, 2.45) is 0 Å². The van der Waals surface area contributed by atoms with Gasteiger partial charge in [-0.3, -0.25) is 4.79 Å². The molecule has 1 fully saturated rings. The molecule has 1 aliphatic heterocycles. The first-order valence-corrected chi connectivity index (χ1v) is 5.26. The van der Waals surface area contributed by atoms with E-state index < -0.39 is 6.29 Å². The summed E-state index contributed by atoms with van der Waals surface area (Å²) in [4.78, 5) is 10.4. The van der Waals surface area contributed by atoms with E-state index in [2.05, 4.69) is 0 Å². The Morgan fingerprint density at radius 3 is 2.81 bits per heavy atom. The van der Waals surface area contributed by atoms with E-state index in [4.69, 9.17) is 25.8 Å². The van der Waals surface area contributed by atoms with Gasteiger partial charge in [-0.15, -0.1) is 0 Å². The average molecular weight is 243 g/mol. The van der Waals surface area contributed by atoms with Gasteiger partial charge in [-0.25, -0.2) is 0 Å². The molecule has 86 valence electrons. The molecule has 4 nitrogen and oxygen atoms in total. The molecule has 1 aromatic rings. The fourth-order valence-electron chi connectivity index (χ4n) is 1.35. The fraction of sp³-hybridized carbons (Fsp3) is 0.364. The maximum atomic E-state index is 10.4. The molecular formula is C11H11ClO4. The van der Waals surface area contributed by atoms with Gasteiger partial charge in [0.25, 0.3) is 0 Å². The summed E-state index contributed by atoms with van der Waals surface area (Å²) in [5, 5.41) is 0.661. The standard InChI is InChI=1S/C11H11ClO4/c12-8-1-3-9(4-2-8)14-6-10-7-15-11(5-13)16-10/h1-5,10-11H,6-7H2. The smallest absolute Gasteiger partial charge is 0.215 e. The van der Waals surface area contributed by atoms with Crippen LogP contribution >= 0.6 is 11.6 Å². The van der Waals surface area contributed by atoms with E-state index in [-0.39, 0.29) is 6.10 Å². The summed E-state index contributed by atoms with van der Waals surface area (Å²) in [6, 6.07) is 7.04. The summed E-state index contributed by atoms with van der Waals surface area (Å²) in [5.41, 5.74) is 0. The number of aldehydes is 1. The van der Waals surface area contributed by atoms with E-state index in [9.17, 15) is 4.79 Å². The minimum absolute atomic E-state index is 0.203. The number of carbonyl (C=O) groups is 1. The molecule has 0 N–H and O–H groups in total. The number of rotatable bonds is 4. The Morgan fingerprint density at radius 2 is 2.19 bits per heavy atom. The van der Waals surface area contributed by atoms with Crippen molar-refractivity contribution in [3.05, 3.63) is 29.3 Å². The SMILES string of the molecule is O=CC1OCC(COc2ccc(Cl)cc2)O1. The third-order valence-corrected chi connectivity index (χ3v) is 2.39. The Labute approximate surface area is 98.1 Å². The molecule has 1 heterocycles. The van der Waals surface area contributed by atoms with Crippen LogP contribution in [0, 0.1) is 0 Å². The van der Waals surface area contributed by atoms with E-state index >= 15 is 0 Å². The van der Waals surface area contributed by atoms with Crippen LogP contribution in [0.25, 0.3) is 0 Å². The first-order chi connectivity index (χ1) is 7.78. The maximum absolute atomic E-state index is 10.4. The summed E-state index contributed by atoms with van der Waals surface area (Å²) in [6.45, 7) is 0.725. The predicted octanol–water partition coefficient (Wildman–Crippen LogP) is 1.66. The van der Waals surface area contributed by atoms with Crippen LogP contribution in [-0.2, 0) is 14.3 Å². The molecule has 2 rings (SSSR count). The third kappa shape index (κ3) is 2.95. The van der Waals surface area contributed by atoms with Crippen molar-refractivity contribution in [3.8, 4) is 5.75 Å². The molecule has 1 aliphatic rings. The van der Waals surface area contributed by atoms with Gasteiger partial charge >= 0.3 is 0 Å². The molecule has 2 unspecified atom stereocenters. The lowest BCUT2D eigenvalue weighted by Crippen LogP contribution is -2.21. The van der Waals surface area contributed by atoms with Gasteiger partial charge in [0, 0.05) is 5.02 Å². The Kier molecular flexibility index (Phi) is 3.77. The highest BCUT2D eigenvalue weighted by Gasteiger charge is 2.25. The molecule has 0 saturated carbocycles. The zero-order valence-electron chi connectivity index (χ0n) is 8.47. The van der Waals surface area contributed by atoms with Crippen molar-refractivity contribution < 1.29 is 19.0 Å². The van der Waals surface area contributed by atoms with Crippen molar-refractivity contribution in [2.45, 2.75) is 12.4 Å². The van der Waals surface area contributed by atoms with E-state index in [0.717, 1.165) is 0 Å². The zero-order valence-corrected chi connectivity index (χ0v) is 9.22. The Hall–Kier alpha value is -1.10. The van der Waals surface area contributed by atoms with Crippen LogP contribution in [-0.4, -0.2) is 31.9 Å². The number of hydrogen-bond donors (Lipinski definition) is 0. The summed E-state index contributed by atoms with van der Waals surface area (Å²) in [7, 11) is 0. The van der Waals surface area contributed by atoms with Crippen molar-refractivity contribution in [3.63, 3.8) is 0 Å². The van der Waals surface area contributed by atoms with Gasteiger partial charge < -0.3 is 14.2 Å². The maximum Gasteiger partial charge on any atom is 0.215 e. The van der Waals surface area contributed by atoms with Crippen LogP contribution in [0.15, 0.2) is 24.3 Å². The quantitative estimate of drug-likeness (QED) is 0.754. The first kappa shape index (κ1) is 11.4. The monoisotopic (exact) mass is 242 g/mol. The molecule has 0 aliphatic carbocycles. The van der Waals surface area contributed by atoms with Crippen LogP contribution in [0.2, 0.25) is 5.02 Å². The molecular weight excluding hydrogens is 232 g/mol. The summed E-state index contributed by atoms with van der Waals surface area (Å²) in [5.74, 6) is 0.711. The van der Waals surface area contributed by atoms with Gasteiger partial charge in [0.2, 0.25) is 6.29 Å². The second-order valence-electron chi connectivity index (χ2n) is 3.36. The lowest BCUT2D eigenvalue weighted by atomic mass is 10.3. The van der Waals surface area contributed by atoms with Crippen LogP contribution in [0.5, 0.6) is 5.75 Å². The summed E-state index contributed by atoms with van der Waals surface area (Å²) >= 11 is 5.74. The second kappa shape index (κ2) is 5.30. The highest BCUT2D eigenvalue weighted by Crippen LogP contribution is 2.17. The molecule has 0 aromatic heterocycles. The second-order valence-corrected chi connectivity index (χ2v) is 3.80. The minimum Gasteiger partial charge on any atom is -0.491 e. The number of ether oxygens (including phenoxy) is 3. The Balaban J connectivity index is 1.79. The van der Waals surface area contributed by atoms with Crippen LogP contribution in [0.1, 0.15) is 0 Å². The average Bonchev–Trinajstić information content (AvgIpc) is 2.76. The van der Waals surface area contributed by atoms with Crippen LogP contribution < -0.4 is 4.74 Å². The van der Waals surface area contributed by atoms with E-state index in [0.29, 0.717) is 30.3 Å². The first-order valence-electron chi connectivity index (χ1n) is 4.88. The zero-order chi connectivity index (χ0) is 11.4. The van der Waals surface area contributed by atoms with Crippen molar-refractivity contribution in [1.82, 2.24) is 0 Å². The molecule has 0 bridgehead atoms. The van der Waals surface area contributed by atoms with Crippen LogP contribution in [0.4, 0.5) is 0 Å². The van der Waals surface area contributed by atoms with Crippen molar-refractivity contribution >= 4 is 17.9 Å². The van der Waals surface area contributed by atoms with Crippen LogP contribution in [0.3, 0.4) is 0 Å². The lowest BCUT2D eigenvalue weighted by molar-refractivity contribution is -0.133. The highest BCUT2D eigenvalue weighted by atomic mass is 35.5. The normalized spacial score (nSPS) is 24.3. The number of carbonyl (C=O) groups excluding carboxylic acids is 1. The minimum atomic E-state index is -0.751. The lowest BCUT2D eigenvalue weighted by Gasteiger charge is -2.10. The molecule has 2 atom stereocenters. The van der Waals surface area contributed by atoms with Crippen molar-refractivity contribution in [1.29, 1.82) is 0 Å². The van der Waals surface area contributed by atoms with Gasteiger partial charge in [0.05, 0.1) is 6.61 Å². The fourth-order valence-corrected chi connectivity index (χ4v) is 1.48. The van der Waals surface area contributed by atoms with E-state index in [1.807, 2.05) is 0 Å². The summed E-state index contributed by atoms with van der Waals surface area (Å²) < 4.78 is 15.7. The Bertz CT molecular complexity index is 352. The molecule has 0 radical (unpaired) electrons. The third-order valence-electron chi connectivity index (χ3n) is 2.13. The van der Waals surface area contributed by atoms with Crippen molar-refractivity contribution in [2.75, 3.05) is 13.2 Å². The van der Waals surface area contributed by atoms with E-state index in [1.54, 1.807) is 24.3 Å². The molecule has 1 aromatic carbocycles. The number of halogens is 1. The van der Waals surface area contributed by atoms with Gasteiger partial charge in [-0.05, 0) is 24.3 Å². The number of hydrogen-bond acceptors (Lipinski definition) is 4. The molecule has 1 saturated heterocycles.